The van der Waals surface area contributed by atoms with Gasteiger partial charge in [0.15, 0.2) is 0 Å². The van der Waals surface area contributed by atoms with E-state index in [1.54, 1.807) is 0 Å². The minimum absolute atomic E-state index is 0.320. The molecule has 2 atom stereocenters. The highest BCUT2D eigenvalue weighted by atomic mass is 15.1. The largest absolute Gasteiger partial charge is 0.328 e. The monoisotopic (exact) mass is 181 g/mol. The highest BCUT2D eigenvalue weighted by molar-refractivity contribution is 4.81. The van der Waals surface area contributed by atoms with E-state index >= 15 is 0 Å². The predicted molar refractivity (Wildman–Crippen MR) is 53.0 cm³/mol. The zero-order valence-electron chi connectivity index (χ0n) is 8.37. The summed E-state index contributed by atoms with van der Waals surface area (Å²) in [7, 11) is 0. The van der Waals surface area contributed by atoms with E-state index in [-0.39, 0.29) is 0 Å². The van der Waals surface area contributed by atoms with Gasteiger partial charge >= 0.3 is 0 Å². The number of likely N-dealkylation sites (tertiary alicyclic amines) is 1. The van der Waals surface area contributed by atoms with Gasteiger partial charge in [-0.2, -0.15) is 5.26 Å². The fraction of sp³-hybridized carbons (Fsp3) is 0.900. The maximum atomic E-state index is 8.39. The van der Waals surface area contributed by atoms with E-state index in [0.29, 0.717) is 18.4 Å². The second-order valence-corrected chi connectivity index (χ2v) is 3.97. The van der Waals surface area contributed by atoms with Crippen molar-refractivity contribution in [1.29, 1.82) is 5.26 Å². The van der Waals surface area contributed by atoms with Gasteiger partial charge in [-0.05, 0) is 38.8 Å². The third-order valence-electron chi connectivity index (χ3n) is 2.82. The highest BCUT2D eigenvalue weighted by Gasteiger charge is 2.24. The Morgan fingerprint density at radius 1 is 1.69 bits per heavy atom. The molecule has 3 heteroatoms. The molecule has 13 heavy (non-hydrogen) atoms. The Labute approximate surface area is 80.5 Å². The minimum atomic E-state index is 0.320. The molecule has 1 rings (SSSR count). The van der Waals surface area contributed by atoms with Crippen LogP contribution in [0.25, 0.3) is 0 Å². The van der Waals surface area contributed by atoms with Crippen LogP contribution in [0.15, 0.2) is 0 Å². The molecule has 2 N–H and O–H groups in total. The van der Waals surface area contributed by atoms with Crippen molar-refractivity contribution in [2.45, 2.75) is 32.2 Å². The summed E-state index contributed by atoms with van der Waals surface area (Å²) in [6.45, 7) is 5.45. The SMILES string of the molecule is CC(N)C1CCN(CCCC#N)C1. The summed E-state index contributed by atoms with van der Waals surface area (Å²) >= 11 is 0. The molecule has 1 heterocycles. The lowest BCUT2D eigenvalue weighted by Crippen LogP contribution is -2.30. The summed E-state index contributed by atoms with van der Waals surface area (Å²) in [5.41, 5.74) is 5.84. The number of rotatable bonds is 4. The first-order chi connectivity index (χ1) is 6.24. The van der Waals surface area contributed by atoms with Crippen molar-refractivity contribution in [3.05, 3.63) is 0 Å². The topological polar surface area (TPSA) is 53.0 Å². The molecule has 1 aliphatic heterocycles. The first kappa shape index (κ1) is 10.5. The third kappa shape index (κ3) is 3.33. The van der Waals surface area contributed by atoms with E-state index in [1.807, 2.05) is 0 Å². The van der Waals surface area contributed by atoms with Crippen molar-refractivity contribution >= 4 is 0 Å². The van der Waals surface area contributed by atoms with Gasteiger partial charge in [-0.3, -0.25) is 0 Å². The molecule has 0 aromatic rings. The molecule has 0 amide bonds. The second-order valence-electron chi connectivity index (χ2n) is 3.97. The standard InChI is InChI=1S/C10H19N3/c1-9(12)10-4-7-13(8-10)6-3-2-5-11/h9-10H,2-4,6-8,12H2,1H3. The lowest BCUT2D eigenvalue weighted by Gasteiger charge is -2.16. The molecule has 0 bridgehead atoms. The van der Waals surface area contributed by atoms with E-state index in [4.69, 9.17) is 11.0 Å². The van der Waals surface area contributed by atoms with E-state index in [0.717, 1.165) is 26.1 Å². The van der Waals surface area contributed by atoms with E-state index in [9.17, 15) is 0 Å². The highest BCUT2D eigenvalue weighted by Crippen LogP contribution is 2.18. The molecule has 0 aromatic carbocycles. The lowest BCUT2D eigenvalue weighted by atomic mass is 10.0. The molecule has 1 aliphatic rings. The predicted octanol–water partition coefficient (Wildman–Crippen LogP) is 0.959. The Morgan fingerprint density at radius 2 is 2.46 bits per heavy atom. The van der Waals surface area contributed by atoms with Gasteiger partial charge in [0.25, 0.3) is 0 Å². The van der Waals surface area contributed by atoms with Gasteiger partial charge < -0.3 is 10.6 Å². The summed E-state index contributed by atoms with van der Waals surface area (Å²) < 4.78 is 0. The van der Waals surface area contributed by atoms with Gasteiger partial charge in [0, 0.05) is 19.0 Å². The molecule has 0 radical (unpaired) electrons. The Hall–Kier alpha value is -0.590. The summed E-state index contributed by atoms with van der Waals surface area (Å²) in [4.78, 5) is 2.42. The maximum Gasteiger partial charge on any atom is 0.0622 e. The van der Waals surface area contributed by atoms with Crippen LogP contribution in [-0.4, -0.2) is 30.6 Å². The fourth-order valence-corrected chi connectivity index (χ4v) is 1.88. The normalized spacial score (nSPS) is 25.8. The average molecular weight is 181 g/mol. The quantitative estimate of drug-likeness (QED) is 0.657. The van der Waals surface area contributed by atoms with Crippen molar-refractivity contribution in [1.82, 2.24) is 4.90 Å². The zero-order chi connectivity index (χ0) is 9.68. The summed E-state index contributed by atoms with van der Waals surface area (Å²) in [6.07, 6.45) is 2.91. The molecule has 1 fully saturated rings. The van der Waals surface area contributed by atoms with Crippen LogP contribution in [0.5, 0.6) is 0 Å². The van der Waals surface area contributed by atoms with Crippen LogP contribution in [0.2, 0.25) is 0 Å². The van der Waals surface area contributed by atoms with Gasteiger partial charge in [-0.25, -0.2) is 0 Å². The molecular weight excluding hydrogens is 162 g/mol. The Balaban J connectivity index is 2.15. The number of nitriles is 1. The van der Waals surface area contributed by atoms with Gasteiger partial charge in [0.2, 0.25) is 0 Å². The molecule has 0 saturated carbocycles. The molecule has 74 valence electrons. The van der Waals surface area contributed by atoms with Crippen LogP contribution in [0, 0.1) is 17.2 Å². The first-order valence-corrected chi connectivity index (χ1v) is 5.09. The summed E-state index contributed by atoms with van der Waals surface area (Å²) in [5, 5.41) is 8.39. The summed E-state index contributed by atoms with van der Waals surface area (Å²) in [5.74, 6) is 0.669. The number of unbranched alkanes of at least 4 members (excludes halogenated alkanes) is 1. The Morgan fingerprint density at radius 3 is 3.00 bits per heavy atom. The molecule has 3 nitrogen and oxygen atoms in total. The molecule has 2 unspecified atom stereocenters. The van der Waals surface area contributed by atoms with E-state index < -0.39 is 0 Å². The smallest absolute Gasteiger partial charge is 0.0622 e. The number of hydrogen-bond acceptors (Lipinski definition) is 3. The minimum Gasteiger partial charge on any atom is -0.328 e. The number of nitrogens with two attached hydrogens (primary N) is 1. The van der Waals surface area contributed by atoms with Gasteiger partial charge in [-0.15, -0.1) is 0 Å². The van der Waals surface area contributed by atoms with Crippen LogP contribution in [0.1, 0.15) is 26.2 Å². The molecular formula is C10H19N3. The first-order valence-electron chi connectivity index (χ1n) is 5.09. The van der Waals surface area contributed by atoms with Crippen LogP contribution >= 0.6 is 0 Å². The van der Waals surface area contributed by atoms with Crippen molar-refractivity contribution in [2.75, 3.05) is 19.6 Å². The zero-order valence-corrected chi connectivity index (χ0v) is 8.37. The average Bonchev–Trinajstić information content (AvgIpc) is 2.53. The number of nitrogens with zero attached hydrogens (tertiary/aromatic N) is 2. The lowest BCUT2D eigenvalue weighted by molar-refractivity contribution is 0.313. The molecule has 0 spiro atoms. The number of hydrogen-bond donors (Lipinski definition) is 1. The fourth-order valence-electron chi connectivity index (χ4n) is 1.88. The Kier molecular flexibility index (Phi) is 4.20. The maximum absolute atomic E-state index is 8.39. The van der Waals surface area contributed by atoms with Crippen molar-refractivity contribution in [2.24, 2.45) is 11.7 Å². The second kappa shape index (κ2) is 5.21. The molecule has 1 saturated heterocycles. The van der Waals surface area contributed by atoms with E-state index in [1.165, 1.54) is 6.42 Å². The van der Waals surface area contributed by atoms with Gasteiger partial charge in [0.05, 0.1) is 6.07 Å². The third-order valence-corrected chi connectivity index (χ3v) is 2.82. The summed E-state index contributed by atoms with van der Waals surface area (Å²) in [6, 6.07) is 2.49. The Bertz CT molecular complexity index is 183. The van der Waals surface area contributed by atoms with Crippen molar-refractivity contribution in [3.8, 4) is 6.07 Å². The van der Waals surface area contributed by atoms with Gasteiger partial charge in [-0.1, -0.05) is 0 Å². The van der Waals surface area contributed by atoms with Gasteiger partial charge in [0.1, 0.15) is 0 Å². The van der Waals surface area contributed by atoms with Crippen molar-refractivity contribution in [3.63, 3.8) is 0 Å². The van der Waals surface area contributed by atoms with Crippen LogP contribution < -0.4 is 5.73 Å². The van der Waals surface area contributed by atoms with Crippen molar-refractivity contribution < 1.29 is 0 Å². The van der Waals surface area contributed by atoms with Crippen LogP contribution in [0.3, 0.4) is 0 Å². The van der Waals surface area contributed by atoms with E-state index in [2.05, 4.69) is 17.9 Å². The van der Waals surface area contributed by atoms with Crippen LogP contribution in [0.4, 0.5) is 0 Å². The molecule has 0 aliphatic carbocycles. The molecule has 0 aromatic heterocycles. The van der Waals surface area contributed by atoms with Crippen LogP contribution in [-0.2, 0) is 0 Å².